The van der Waals surface area contributed by atoms with E-state index in [-0.39, 0.29) is 19.0 Å². The highest BCUT2D eigenvalue weighted by atomic mass is 16.5. The number of nitrogens with zero attached hydrogens (tertiary/aromatic N) is 2. The van der Waals surface area contributed by atoms with Crippen LogP contribution in [0.3, 0.4) is 0 Å². The minimum Gasteiger partial charge on any atom is -0.461 e. The van der Waals surface area contributed by atoms with Gasteiger partial charge >= 0.3 is 11.6 Å². The Hall–Kier alpha value is -2.89. The maximum Gasteiger partial charge on any atom is 0.336 e. The van der Waals surface area contributed by atoms with Crippen LogP contribution in [0.25, 0.3) is 11.0 Å². The fraction of sp³-hybridized carbons (Fsp3) is 0.350. The summed E-state index contributed by atoms with van der Waals surface area (Å²) in [6.07, 6.45) is 0.222. The molecule has 26 heavy (non-hydrogen) atoms. The first-order valence-corrected chi connectivity index (χ1v) is 8.55. The number of carbonyl (C=O) groups is 1. The summed E-state index contributed by atoms with van der Waals surface area (Å²) in [6.45, 7) is 8.24. The van der Waals surface area contributed by atoms with Crippen LogP contribution in [0.5, 0.6) is 0 Å². The molecule has 0 radical (unpaired) electrons. The highest BCUT2D eigenvalue weighted by molar-refractivity contribution is 5.84. The van der Waals surface area contributed by atoms with E-state index in [0.29, 0.717) is 17.7 Å². The third-order valence-corrected chi connectivity index (χ3v) is 4.54. The lowest BCUT2D eigenvalue weighted by atomic mass is 10.0. The minimum atomic E-state index is -0.445. The summed E-state index contributed by atoms with van der Waals surface area (Å²) in [5.41, 5.74) is 4.64. The van der Waals surface area contributed by atoms with E-state index in [0.717, 1.165) is 27.9 Å². The quantitative estimate of drug-likeness (QED) is 0.519. The first-order chi connectivity index (χ1) is 12.3. The Balaban J connectivity index is 1.71. The number of hydrogen-bond acceptors (Lipinski definition) is 5. The van der Waals surface area contributed by atoms with Crippen LogP contribution < -0.4 is 5.63 Å². The van der Waals surface area contributed by atoms with Crippen LogP contribution in [-0.4, -0.2) is 15.7 Å². The highest BCUT2D eigenvalue weighted by Crippen LogP contribution is 2.23. The van der Waals surface area contributed by atoms with Gasteiger partial charge in [-0.2, -0.15) is 5.10 Å². The van der Waals surface area contributed by atoms with E-state index >= 15 is 0 Å². The van der Waals surface area contributed by atoms with Crippen molar-refractivity contribution in [2.75, 3.05) is 0 Å². The van der Waals surface area contributed by atoms with Crippen molar-refractivity contribution in [2.45, 2.75) is 47.3 Å². The number of aromatic nitrogens is 2. The van der Waals surface area contributed by atoms with Crippen molar-refractivity contribution in [3.8, 4) is 0 Å². The number of rotatable bonds is 5. The minimum absolute atomic E-state index is 0.0422. The van der Waals surface area contributed by atoms with Gasteiger partial charge < -0.3 is 9.15 Å². The van der Waals surface area contributed by atoms with E-state index in [1.807, 2.05) is 45.9 Å². The summed E-state index contributed by atoms with van der Waals surface area (Å²) in [4.78, 5) is 23.9. The molecule has 0 fully saturated rings. The molecule has 6 nitrogen and oxygen atoms in total. The Morgan fingerprint density at radius 2 is 1.96 bits per heavy atom. The van der Waals surface area contributed by atoms with Crippen molar-refractivity contribution in [3.05, 3.63) is 62.8 Å². The molecule has 0 N–H and O–H groups in total. The first-order valence-electron chi connectivity index (χ1n) is 8.55. The second-order valence-electron chi connectivity index (χ2n) is 6.54. The molecule has 6 heteroatoms. The molecular weight excluding hydrogens is 332 g/mol. The Morgan fingerprint density at radius 3 is 2.65 bits per heavy atom. The summed E-state index contributed by atoms with van der Waals surface area (Å²) < 4.78 is 12.5. The van der Waals surface area contributed by atoms with Gasteiger partial charge in [-0.3, -0.25) is 9.48 Å². The maximum absolute atomic E-state index is 12.1. The van der Waals surface area contributed by atoms with Crippen LogP contribution in [0.2, 0.25) is 0 Å². The lowest BCUT2D eigenvalue weighted by molar-refractivity contribution is -0.145. The standard InChI is InChI=1S/C20H22N2O4/c1-12-5-6-17-16(10-19(24)26-20(17)15(12)4)11-25-18(23)7-8-22-14(3)9-13(2)21-22/h5-6,9-10H,7-8,11H2,1-4H3. The number of hydrogen-bond donors (Lipinski definition) is 0. The van der Waals surface area contributed by atoms with Gasteiger partial charge in [-0.1, -0.05) is 12.1 Å². The molecule has 0 aliphatic rings. The van der Waals surface area contributed by atoms with Gasteiger partial charge in [-0.05, 0) is 44.9 Å². The number of carbonyl (C=O) groups excluding carboxylic acids is 1. The largest absolute Gasteiger partial charge is 0.461 e. The van der Waals surface area contributed by atoms with Crippen LogP contribution in [-0.2, 0) is 22.7 Å². The molecule has 0 unspecified atom stereocenters. The van der Waals surface area contributed by atoms with Gasteiger partial charge in [0.25, 0.3) is 0 Å². The summed E-state index contributed by atoms with van der Waals surface area (Å²) in [5, 5.41) is 5.12. The monoisotopic (exact) mass is 354 g/mol. The molecule has 0 saturated carbocycles. The second kappa shape index (κ2) is 7.15. The van der Waals surface area contributed by atoms with Crippen molar-refractivity contribution < 1.29 is 13.9 Å². The molecule has 0 bridgehead atoms. The number of esters is 1. The van der Waals surface area contributed by atoms with Crippen molar-refractivity contribution in [3.63, 3.8) is 0 Å². The molecule has 2 heterocycles. The van der Waals surface area contributed by atoms with E-state index < -0.39 is 5.63 Å². The molecular formula is C20H22N2O4. The van der Waals surface area contributed by atoms with E-state index in [1.165, 1.54) is 6.07 Å². The fourth-order valence-corrected chi connectivity index (χ4v) is 2.97. The van der Waals surface area contributed by atoms with Gasteiger partial charge in [-0.25, -0.2) is 4.79 Å². The SMILES string of the molecule is Cc1cc(C)n(CCC(=O)OCc2cc(=O)oc3c(C)c(C)ccc23)n1. The van der Waals surface area contributed by atoms with Gasteiger partial charge in [0.15, 0.2) is 0 Å². The fourth-order valence-electron chi connectivity index (χ4n) is 2.97. The van der Waals surface area contributed by atoms with E-state index in [1.54, 1.807) is 4.68 Å². The van der Waals surface area contributed by atoms with E-state index in [4.69, 9.17) is 9.15 Å². The smallest absolute Gasteiger partial charge is 0.336 e. The van der Waals surface area contributed by atoms with Gasteiger partial charge in [0.1, 0.15) is 12.2 Å². The average Bonchev–Trinajstić information content (AvgIpc) is 2.92. The van der Waals surface area contributed by atoms with Gasteiger partial charge in [0, 0.05) is 22.7 Å². The highest BCUT2D eigenvalue weighted by Gasteiger charge is 2.12. The first kappa shape index (κ1) is 17.9. The summed E-state index contributed by atoms with van der Waals surface area (Å²) in [7, 11) is 0. The van der Waals surface area contributed by atoms with Crippen molar-refractivity contribution in [1.82, 2.24) is 9.78 Å². The van der Waals surface area contributed by atoms with Gasteiger partial charge in [0.05, 0.1) is 18.7 Å². The molecule has 3 rings (SSSR count). The number of ether oxygens (including phenoxy) is 1. The predicted octanol–water partition coefficient (Wildman–Crippen LogP) is 3.36. The molecule has 0 atom stereocenters. The molecule has 3 aromatic rings. The summed E-state index contributed by atoms with van der Waals surface area (Å²) in [5.74, 6) is -0.331. The number of benzene rings is 1. The average molecular weight is 354 g/mol. The molecule has 0 spiro atoms. The van der Waals surface area contributed by atoms with Gasteiger partial charge in [-0.15, -0.1) is 0 Å². The zero-order valence-electron chi connectivity index (χ0n) is 15.5. The third-order valence-electron chi connectivity index (χ3n) is 4.54. The van der Waals surface area contributed by atoms with Crippen molar-refractivity contribution >= 4 is 16.9 Å². The molecule has 0 aliphatic carbocycles. The molecule has 0 saturated heterocycles. The van der Waals surface area contributed by atoms with Gasteiger partial charge in [0.2, 0.25) is 0 Å². The lowest BCUT2D eigenvalue weighted by Gasteiger charge is -2.10. The van der Waals surface area contributed by atoms with Crippen molar-refractivity contribution in [2.24, 2.45) is 0 Å². The molecule has 2 aromatic heterocycles. The summed E-state index contributed by atoms with van der Waals surface area (Å²) in [6, 6.07) is 7.20. The predicted molar refractivity (Wildman–Crippen MR) is 98.1 cm³/mol. The van der Waals surface area contributed by atoms with E-state index in [9.17, 15) is 9.59 Å². The van der Waals surface area contributed by atoms with Crippen LogP contribution in [0.15, 0.2) is 33.5 Å². The van der Waals surface area contributed by atoms with Crippen molar-refractivity contribution in [1.29, 1.82) is 0 Å². The Morgan fingerprint density at radius 1 is 1.19 bits per heavy atom. The molecule has 1 aromatic carbocycles. The molecule has 0 amide bonds. The number of aryl methyl sites for hydroxylation is 5. The second-order valence-corrected chi connectivity index (χ2v) is 6.54. The zero-order chi connectivity index (χ0) is 18.8. The Labute approximate surface area is 151 Å². The van der Waals surface area contributed by atoms with E-state index in [2.05, 4.69) is 5.10 Å². The Kier molecular flexibility index (Phi) is 4.93. The third kappa shape index (κ3) is 3.69. The lowest BCUT2D eigenvalue weighted by Crippen LogP contribution is -2.12. The summed E-state index contributed by atoms with van der Waals surface area (Å²) >= 11 is 0. The molecule has 136 valence electrons. The van der Waals surface area contributed by atoms with Crippen LogP contribution in [0, 0.1) is 27.7 Å². The topological polar surface area (TPSA) is 74.3 Å². The maximum atomic E-state index is 12.1. The molecule has 0 aliphatic heterocycles. The Bertz CT molecular complexity index is 1030. The zero-order valence-corrected chi connectivity index (χ0v) is 15.5. The van der Waals surface area contributed by atoms with Crippen LogP contribution in [0.4, 0.5) is 0 Å². The van der Waals surface area contributed by atoms with Crippen LogP contribution >= 0.6 is 0 Å². The van der Waals surface area contributed by atoms with Crippen LogP contribution in [0.1, 0.15) is 34.5 Å². The normalized spacial score (nSPS) is 11.1. The number of fused-ring (bicyclic) bond motifs is 1.